The van der Waals surface area contributed by atoms with Crippen LogP contribution in [0.3, 0.4) is 0 Å². The molecule has 0 aliphatic carbocycles. The van der Waals surface area contributed by atoms with Gasteiger partial charge in [-0.1, -0.05) is 37.2 Å². The van der Waals surface area contributed by atoms with Crippen LogP contribution in [0.2, 0.25) is 0 Å². The van der Waals surface area contributed by atoms with Crippen molar-refractivity contribution in [2.75, 3.05) is 7.05 Å². The lowest BCUT2D eigenvalue weighted by molar-refractivity contribution is 0.0694. The Morgan fingerprint density at radius 2 is 2.04 bits per heavy atom. The molecule has 2 N–H and O–H groups in total. The third-order valence-corrected chi connectivity index (χ3v) is 5.32. The maximum absolute atomic E-state index is 6.12. The number of guanidine groups is 1. The highest BCUT2D eigenvalue weighted by Gasteiger charge is 2.34. The number of para-hydroxylation sites is 1. The van der Waals surface area contributed by atoms with Gasteiger partial charge in [0.1, 0.15) is 11.4 Å². The number of rotatable bonds is 6. The van der Waals surface area contributed by atoms with Crippen LogP contribution in [0.25, 0.3) is 0 Å². The van der Waals surface area contributed by atoms with Gasteiger partial charge in [0.05, 0.1) is 18.3 Å². The summed E-state index contributed by atoms with van der Waals surface area (Å²) in [7, 11) is 1.78. The molecule has 0 spiro atoms. The molecule has 0 saturated heterocycles. The van der Waals surface area contributed by atoms with Gasteiger partial charge in [-0.05, 0) is 32.8 Å². The highest BCUT2D eigenvalue weighted by molar-refractivity contribution is 5.80. The first-order valence-electron chi connectivity index (χ1n) is 10.2. The lowest BCUT2D eigenvalue weighted by atomic mass is 9.90. The molecule has 1 aliphatic heterocycles. The Labute approximate surface area is 167 Å². The van der Waals surface area contributed by atoms with Crippen molar-refractivity contribution >= 4 is 5.96 Å². The van der Waals surface area contributed by atoms with Crippen LogP contribution in [-0.4, -0.2) is 23.8 Å². The number of aliphatic imine (C=N–C) groups is 1. The molecule has 6 nitrogen and oxygen atoms in total. The average molecular weight is 385 g/mol. The molecule has 1 aromatic heterocycles. The average Bonchev–Trinajstić information content (AvgIpc) is 3.14. The van der Waals surface area contributed by atoms with Crippen LogP contribution in [0.5, 0.6) is 5.75 Å². The molecule has 0 amide bonds. The van der Waals surface area contributed by atoms with Crippen LogP contribution in [-0.2, 0) is 6.54 Å². The lowest BCUT2D eigenvalue weighted by Crippen LogP contribution is -2.45. The number of fused-ring (bicyclic) bond motifs is 1. The van der Waals surface area contributed by atoms with Crippen molar-refractivity contribution in [2.45, 2.75) is 71.1 Å². The lowest BCUT2D eigenvalue weighted by Gasteiger charge is -2.38. The fourth-order valence-corrected chi connectivity index (χ4v) is 3.77. The second-order valence-electron chi connectivity index (χ2n) is 7.96. The highest BCUT2D eigenvalue weighted by atomic mass is 16.5. The normalized spacial score (nSPS) is 18.5. The molecule has 152 valence electrons. The van der Waals surface area contributed by atoms with Crippen molar-refractivity contribution in [1.82, 2.24) is 15.8 Å². The predicted molar refractivity (Wildman–Crippen MR) is 112 cm³/mol. The summed E-state index contributed by atoms with van der Waals surface area (Å²) in [5.74, 6) is 2.93. The molecule has 2 aromatic rings. The quantitative estimate of drug-likeness (QED) is 0.565. The zero-order valence-electron chi connectivity index (χ0n) is 17.6. The van der Waals surface area contributed by atoms with Crippen molar-refractivity contribution in [3.05, 3.63) is 47.3 Å². The van der Waals surface area contributed by atoms with E-state index in [-0.39, 0.29) is 11.6 Å². The van der Waals surface area contributed by atoms with E-state index < -0.39 is 0 Å². The maximum Gasteiger partial charge on any atom is 0.191 e. The molecule has 0 fully saturated rings. The molecule has 28 heavy (non-hydrogen) atoms. The summed E-state index contributed by atoms with van der Waals surface area (Å²) in [6, 6.07) is 10.3. The smallest absolute Gasteiger partial charge is 0.191 e. The van der Waals surface area contributed by atoms with Crippen LogP contribution < -0.4 is 15.4 Å². The van der Waals surface area contributed by atoms with Gasteiger partial charge in [-0.2, -0.15) is 0 Å². The minimum Gasteiger partial charge on any atom is -0.487 e. The van der Waals surface area contributed by atoms with Crippen molar-refractivity contribution in [3.63, 3.8) is 0 Å². The number of aromatic nitrogens is 1. The summed E-state index contributed by atoms with van der Waals surface area (Å²) in [5, 5.41) is 11.1. The molecule has 1 unspecified atom stereocenters. The molecular formula is C22H32N4O2. The van der Waals surface area contributed by atoms with Crippen LogP contribution >= 0.6 is 0 Å². The van der Waals surface area contributed by atoms with Gasteiger partial charge in [0.15, 0.2) is 11.7 Å². The number of hydrogen-bond donors (Lipinski definition) is 2. The van der Waals surface area contributed by atoms with Crippen LogP contribution in [0, 0.1) is 0 Å². The fraction of sp³-hybridized carbons (Fsp3) is 0.545. The van der Waals surface area contributed by atoms with Gasteiger partial charge < -0.3 is 19.9 Å². The van der Waals surface area contributed by atoms with Crippen LogP contribution in [0.15, 0.2) is 39.8 Å². The summed E-state index contributed by atoms with van der Waals surface area (Å²) >= 11 is 0. The Morgan fingerprint density at radius 3 is 2.75 bits per heavy atom. The van der Waals surface area contributed by atoms with Crippen molar-refractivity contribution in [2.24, 2.45) is 4.99 Å². The summed E-state index contributed by atoms with van der Waals surface area (Å²) in [6.45, 7) is 9.13. The first-order valence-corrected chi connectivity index (χ1v) is 10.2. The molecule has 0 radical (unpaired) electrons. The maximum atomic E-state index is 6.12. The molecular weight excluding hydrogens is 352 g/mol. The Balaban J connectivity index is 1.65. The molecule has 2 heterocycles. The SMILES string of the molecule is CCC(CC)c1cc(CNC(=NC)NC2CC(C)(C)Oc3ccccc32)on1. The van der Waals surface area contributed by atoms with Gasteiger partial charge in [0, 0.05) is 31.0 Å². The zero-order valence-corrected chi connectivity index (χ0v) is 17.6. The summed E-state index contributed by atoms with van der Waals surface area (Å²) in [5.41, 5.74) is 1.95. The molecule has 6 heteroatoms. The van der Waals surface area contributed by atoms with E-state index in [1.54, 1.807) is 7.05 Å². The summed E-state index contributed by atoms with van der Waals surface area (Å²) in [4.78, 5) is 4.38. The predicted octanol–water partition coefficient (Wildman–Crippen LogP) is 4.55. The van der Waals surface area contributed by atoms with Crippen molar-refractivity contribution in [3.8, 4) is 5.75 Å². The van der Waals surface area contributed by atoms with E-state index in [1.807, 2.05) is 24.3 Å². The fourth-order valence-electron chi connectivity index (χ4n) is 3.77. The van der Waals surface area contributed by atoms with Crippen molar-refractivity contribution in [1.29, 1.82) is 0 Å². The molecule has 1 aromatic carbocycles. The van der Waals surface area contributed by atoms with E-state index in [9.17, 15) is 0 Å². The monoisotopic (exact) mass is 384 g/mol. The first kappa shape index (κ1) is 20.2. The van der Waals surface area contributed by atoms with E-state index in [2.05, 4.69) is 54.5 Å². The van der Waals surface area contributed by atoms with Gasteiger partial charge >= 0.3 is 0 Å². The van der Waals surface area contributed by atoms with E-state index >= 15 is 0 Å². The number of nitrogens with one attached hydrogen (secondary N) is 2. The Kier molecular flexibility index (Phi) is 6.27. The Hall–Kier alpha value is -2.50. The second-order valence-corrected chi connectivity index (χ2v) is 7.96. The number of benzene rings is 1. The Morgan fingerprint density at radius 1 is 1.29 bits per heavy atom. The Bertz CT molecular complexity index is 808. The van der Waals surface area contributed by atoms with Gasteiger partial charge in [0.25, 0.3) is 0 Å². The number of nitrogens with zero attached hydrogens (tertiary/aromatic N) is 2. The van der Waals surface area contributed by atoms with E-state index in [0.29, 0.717) is 12.5 Å². The largest absolute Gasteiger partial charge is 0.487 e. The minimum absolute atomic E-state index is 0.126. The van der Waals surface area contributed by atoms with Gasteiger partial charge in [-0.15, -0.1) is 0 Å². The topological polar surface area (TPSA) is 71.7 Å². The second kappa shape index (κ2) is 8.67. The number of ether oxygens (including phenoxy) is 1. The number of hydrogen-bond acceptors (Lipinski definition) is 4. The molecule has 1 atom stereocenters. The molecule has 1 aliphatic rings. The van der Waals surface area contributed by atoms with Gasteiger partial charge in [-0.3, -0.25) is 4.99 Å². The molecule has 0 bridgehead atoms. The van der Waals surface area contributed by atoms with E-state index in [4.69, 9.17) is 9.26 Å². The van der Waals surface area contributed by atoms with Crippen molar-refractivity contribution < 1.29 is 9.26 Å². The standard InChI is InChI=1S/C22H32N4O2/c1-6-15(7-2)18-12-16(28-26-18)14-24-21(23-5)25-19-13-22(3,4)27-20-11-9-8-10-17(19)20/h8-12,15,19H,6-7,13-14H2,1-5H3,(H2,23,24,25). The first-order chi connectivity index (χ1) is 13.5. The van der Waals surface area contributed by atoms with Crippen LogP contribution in [0.1, 0.15) is 75.9 Å². The third-order valence-electron chi connectivity index (χ3n) is 5.32. The third kappa shape index (κ3) is 4.66. The van der Waals surface area contributed by atoms with E-state index in [0.717, 1.165) is 48.0 Å². The van der Waals surface area contributed by atoms with E-state index in [1.165, 1.54) is 0 Å². The molecule has 3 rings (SSSR count). The highest BCUT2D eigenvalue weighted by Crippen LogP contribution is 2.39. The summed E-state index contributed by atoms with van der Waals surface area (Å²) < 4.78 is 11.6. The summed E-state index contributed by atoms with van der Waals surface area (Å²) in [6.07, 6.45) is 2.99. The van der Waals surface area contributed by atoms with Gasteiger partial charge in [0.2, 0.25) is 0 Å². The van der Waals surface area contributed by atoms with Gasteiger partial charge in [-0.25, -0.2) is 0 Å². The molecule has 0 saturated carbocycles. The zero-order chi connectivity index (χ0) is 20.1. The minimum atomic E-state index is -0.236. The van der Waals surface area contributed by atoms with Crippen LogP contribution in [0.4, 0.5) is 0 Å².